The Hall–Kier alpha value is -2.15. The molecule has 130 valence electrons. The molecule has 0 aliphatic carbocycles. The van der Waals surface area contributed by atoms with Crippen molar-refractivity contribution in [3.05, 3.63) is 29.2 Å². The molecule has 0 bridgehead atoms. The Kier molecular flexibility index (Phi) is 4.99. The summed E-state index contributed by atoms with van der Waals surface area (Å²) >= 11 is 0. The van der Waals surface area contributed by atoms with E-state index in [-0.39, 0.29) is 5.91 Å². The highest BCUT2D eigenvalue weighted by Crippen LogP contribution is 2.18. The number of anilines is 1. The Morgan fingerprint density at radius 1 is 1.46 bits per heavy atom. The van der Waals surface area contributed by atoms with E-state index in [1.165, 1.54) is 0 Å². The Labute approximate surface area is 142 Å². The van der Waals surface area contributed by atoms with Crippen molar-refractivity contribution in [2.75, 3.05) is 18.5 Å². The highest BCUT2D eigenvalue weighted by molar-refractivity contribution is 5.89. The van der Waals surface area contributed by atoms with E-state index in [0.717, 1.165) is 48.9 Å². The molecule has 0 saturated carbocycles. The normalized spacial score (nSPS) is 17.4. The Morgan fingerprint density at radius 2 is 2.29 bits per heavy atom. The SMILES string of the molecule is Cc1nn(C)c(C)c1CCC(=O)Nc1ccnn1CC1CCOC1. The maximum absolute atomic E-state index is 12.3. The van der Waals surface area contributed by atoms with Gasteiger partial charge in [-0.3, -0.25) is 9.48 Å². The summed E-state index contributed by atoms with van der Waals surface area (Å²) in [6.07, 6.45) is 3.90. The molecular weight excluding hydrogens is 306 g/mol. The number of hydrogen-bond acceptors (Lipinski definition) is 4. The molecule has 1 N–H and O–H groups in total. The second kappa shape index (κ2) is 7.17. The zero-order valence-electron chi connectivity index (χ0n) is 14.6. The predicted molar refractivity (Wildman–Crippen MR) is 90.8 cm³/mol. The summed E-state index contributed by atoms with van der Waals surface area (Å²) in [6, 6.07) is 1.84. The van der Waals surface area contributed by atoms with Crippen LogP contribution in [0.3, 0.4) is 0 Å². The number of hydrogen-bond donors (Lipinski definition) is 1. The lowest BCUT2D eigenvalue weighted by atomic mass is 10.1. The van der Waals surface area contributed by atoms with Gasteiger partial charge in [-0.1, -0.05) is 0 Å². The highest BCUT2D eigenvalue weighted by atomic mass is 16.5. The lowest BCUT2D eigenvalue weighted by molar-refractivity contribution is -0.116. The maximum atomic E-state index is 12.3. The molecule has 1 aliphatic rings. The fraction of sp³-hybridized carbons (Fsp3) is 0.588. The zero-order chi connectivity index (χ0) is 17.1. The number of rotatable bonds is 6. The van der Waals surface area contributed by atoms with Crippen molar-refractivity contribution in [2.45, 2.75) is 39.7 Å². The van der Waals surface area contributed by atoms with E-state index in [1.807, 2.05) is 36.3 Å². The third-order valence-electron chi connectivity index (χ3n) is 4.70. The summed E-state index contributed by atoms with van der Waals surface area (Å²) in [5.74, 6) is 1.23. The standard InChI is InChI=1S/C17H25N5O2/c1-12-15(13(2)21(3)20-12)4-5-17(23)19-16-6-8-18-22(16)10-14-7-9-24-11-14/h6,8,14H,4-5,7,9-11H2,1-3H3,(H,19,23). The summed E-state index contributed by atoms with van der Waals surface area (Å²) in [4.78, 5) is 12.3. The van der Waals surface area contributed by atoms with Gasteiger partial charge in [0, 0.05) is 44.3 Å². The molecule has 7 nitrogen and oxygen atoms in total. The number of ether oxygens (including phenoxy) is 1. The molecule has 1 fully saturated rings. The van der Waals surface area contributed by atoms with E-state index in [1.54, 1.807) is 6.20 Å². The number of carbonyl (C=O) groups excluding carboxylic acids is 1. The first-order valence-electron chi connectivity index (χ1n) is 8.43. The third-order valence-corrected chi connectivity index (χ3v) is 4.70. The van der Waals surface area contributed by atoms with Crippen LogP contribution in [0.2, 0.25) is 0 Å². The quantitative estimate of drug-likeness (QED) is 0.876. The van der Waals surface area contributed by atoms with Crippen LogP contribution in [0.25, 0.3) is 0 Å². The Bertz CT molecular complexity index is 713. The average molecular weight is 331 g/mol. The average Bonchev–Trinajstić information content (AvgIpc) is 3.24. The monoisotopic (exact) mass is 331 g/mol. The van der Waals surface area contributed by atoms with Crippen LogP contribution in [0, 0.1) is 19.8 Å². The van der Waals surface area contributed by atoms with E-state index in [4.69, 9.17) is 4.74 Å². The maximum Gasteiger partial charge on any atom is 0.225 e. The fourth-order valence-electron chi connectivity index (χ4n) is 3.18. The van der Waals surface area contributed by atoms with Crippen LogP contribution in [0.5, 0.6) is 0 Å². The molecule has 1 amide bonds. The van der Waals surface area contributed by atoms with Crippen molar-refractivity contribution in [1.82, 2.24) is 19.6 Å². The molecule has 1 aliphatic heterocycles. The van der Waals surface area contributed by atoms with Crippen LogP contribution < -0.4 is 5.32 Å². The van der Waals surface area contributed by atoms with Crippen LogP contribution in [-0.4, -0.2) is 38.7 Å². The van der Waals surface area contributed by atoms with E-state index in [9.17, 15) is 4.79 Å². The van der Waals surface area contributed by atoms with Gasteiger partial charge in [-0.05, 0) is 32.3 Å². The van der Waals surface area contributed by atoms with Gasteiger partial charge in [0.1, 0.15) is 5.82 Å². The summed E-state index contributed by atoms with van der Waals surface area (Å²) in [7, 11) is 1.93. The van der Waals surface area contributed by atoms with Gasteiger partial charge in [0.15, 0.2) is 0 Å². The number of nitrogens with one attached hydrogen (secondary N) is 1. The van der Waals surface area contributed by atoms with Crippen molar-refractivity contribution in [3.8, 4) is 0 Å². The minimum absolute atomic E-state index is 0.00192. The van der Waals surface area contributed by atoms with Crippen LogP contribution in [-0.2, 0) is 29.5 Å². The first kappa shape index (κ1) is 16.7. The predicted octanol–water partition coefficient (Wildman–Crippen LogP) is 1.84. The molecule has 3 heterocycles. The largest absolute Gasteiger partial charge is 0.381 e. The molecule has 2 aromatic heterocycles. The summed E-state index contributed by atoms with van der Waals surface area (Å²) in [6.45, 7) is 6.39. The molecular formula is C17H25N5O2. The van der Waals surface area contributed by atoms with Crippen molar-refractivity contribution in [2.24, 2.45) is 13.0 Å². The molecule has 1 unspecified atom stereocenters. The van der Waals surface area contributed by atoms with E-state index < -0.39 is 0 Å². The number of amides is 1. The van der Waals surface area contributed by atoms with Crippen molar-refractivity contribution in [3.63, 3.8) is 0 Å². The summed E-state index contributed by atoms with van der Waals surface area (Å²) < 4.78 is 9.12. The van der Waals surface area contributed by atoms with Gasteiger partial charge in [-0.2, -0.15) is 10.2 Å². The van der Waals surface area contributed by atoms with Crippen LogP contribution in [0.1, 0.15) is 29.8 Å². The molecule has 1 saturated heterocycles. The fourth-order valence-corrected chi connectivity index (χ4v) is 3.18. The first-order chi connectivity index (χ1) is 11.5. The molecule has 7 heteroatoms. The van der Waals surface area contributed by atoms with E-state index in [2.05, 4.69) is 15.5 Å². The smallest absolute Gasteiger partial charge is 0.225 e. The van der Waals surface area contributed by atoms with E-state index in [0.29, 0.717) is 18.8 Å². The molecule has 3 rings (SSSR count). The Balaban J connectivity index is 1.56. The minimum Gasteiger partial charge on any atom is -0.381 e. The molecule has 24 heavy (non-hydrogen) atoms. The third kappa shape index (κ3) is 3.67. The van der Waals surface area contributed by atoms with Crippen molar-refractivity contribution >= 4 is 11.7 Å². The van der Waals surface area contributed by atoms with Gasteiger partial charge < -0.3 is 10.1 Å². The van der Waals surface area contributed by atoms with Crippen molar-refractivity contribution < 1.29 is 9.53 Å². The number of carbonyl (C=O) groups is 1. The van der Waals surface area contributed by atoms with Gasteiger partial charge in [-0.15, -0.1) is 0 Å². The molecule has 0 spiro atoms. The lowest BCUT2D eigenvalue weighted by Crippen LogP contribution is -2.19. The number of aromatic nitrogens is 4. The zero-order valence-corrected chi connectivity index (χ0v) is 14.6. The molecule has 1 atom stereocenters. The molecule has 0 radical (unpaired) electrons. The Morgan fingerprint density at radius 3 is 2.96 bits per heavy atom. The lowest BCUT2D eigenvalue weighted by Gasteiger charge is -2.12. The van der Waals surface area contributed by atoms with E-state index >= 15 is 0 Å². The second-order valence-electron chi connectivity index (χ2n) is 6.45. The summed E-state index contributed by atoms with van der Waals surface area (Å²) in [5.41, 5.74) is 3.27. The topological polar surface area (TPSA) is 74.0 Å². The number of aryl methyl sites for hydroxylation is 2. The minimum atomic E-state index is 0.00192. The van der Waals surface area contributed by atoms with Gasteiger partial charge in [-0.25, -0.2) is 4.68 Å². The highest BCUT2D eigenvalue weighted by Gasteiger charge is 2.18. The van der Waals surface area contributed by atoms with Crippen LogP contribution >= 0.6 is 0 Å². The van der Waals surface area contributed by atoms with Gasteiger partial charge >= 0.3 is 0 Å². The molecule has 2 aromatic rings. The van der Waals surface area contributed by atoms with Crippen LogP contribution in [0.15, 0.2) is 12.3 Å². The summed E-state index contributed by atoms with van der Waals surface area (Å²) in [5, 5.41) is 11.7. The van der Waals surface area contributed by atoms with Crippen molar-refractivity contribution in [1.29, 1.82) is 0 Å². The van der Waals surface area contributed by atoms with Gasteiger partial charge in [0.25, 0.3) is 0 Å². The van der Waals surface area contributed by atoms with Crippen LogP contribution in [0.4, 0.5) is 5.82 Å². The number of nitrogens with zero attached hydrogens (tertiary/aromatic N) is 4. The first-order valence-corrected chi connectivity index (χ1v) is 8.43. The second-order valence-corrected chi connectivity index (χ2v) is 6.45. The molecule has 0 aromatic carbocycles. The van der Waals surface area contributed by atoms with Gasteiger partial charge in [0.05, 0.1) is 18.5 Å². The van der Waals surface area contributed by atoms with Gasteiger partial charge in [0.2, 0.25) is 5.91 Å².